The lowest BCUT2D eigenvalue weighted by molar-refractivity contribution is -0.216. The molecule has 0 N–H and O–H groups in total. The highest BCUT2D eigenvalue weighted by atomic mass is 17.2. The maximum atomic E-state index is 11.3. The minimum absolute atomic E-state index is 0.446. The summed E-state index contributed by atoms with van der Waals surface area (Å²) in [4.78, 5) is 20.1. The molecule has 0 fully saturated rings. The Balaban J connectivity index is 3.05. The van der Waals surface area contributed by atoms with Crippen LogP contribution in [0.2, 0.25) is 0 Å². The standard InChI is InChI=1S/C10H12O3/c1-7-5-4-6-8(2)9(7)10(11)13-12-3/h4-6H,1-3H3. The van der Waals surface area contributed by atoms with Crippen molar-refractivity contribution in [2.45, 2.75) is 13.8 Å². The topological polar surface area (TPSA) is 35.5 Å². The fraction of sp³-hybridized carbons (Fsp3) is 0.300. The van der Waals surface area contributed by atoms with Gasteiger partial charge in [-0.2, -0.15) is 4.89 Å². The van der Waals surface area contributed by atoms with E-state index in [0.717, 1.165) is 11.1 Å². The molecule has 0 bridgehead atoms. The molecule has 0 saturated heterocycles. The van der Waals surface area contributed by atoms with Gasteiger partial charge in [-0.1, -0.05) is 18.2 Å². The summed E-state index contributed by atoms with van der Waals surface area (Å²) in [5.41, 5.74) is 2.36. The molecule has 0 atom stereocenters. The number of hydrogen-bond donors (Lipinski definition) is 0. The second-order valence-corrected chi connectivity index (χ2v) is 2.80. The summed E-state index contributed by atoms with van der Waals surface area (Å²) < 4.78 is 0. The van der Waals surface area contributed by atoms with Crippen LogP contribution in [-0.4, -0.2) is 13.1 Å². The van der Waals surface area contributed by atoms with Gasteiger partial charge >= 0.3 is 5.97 Å². The Hall–Kier alpha value is -1.35. The van der Waals surface area contributed by atoms with Crippen LogP contribution in [0.1, 0.15) is 21.5 Å². The van der Waals surface area contributed by atoms with Crippen molar-refractivity contribution in [3.05, 3.63) is 34.9 Å². The van der Waals surface area contributed by atoms with E-state index in [9.17, 15) is 4.79 Å². The Bertz CT molecular complexity index is 298. The summed E-state index contributed by atoms with van der Waals surface area (Å²) in [6.07, 6.45) is 0. The third-order valence-electron chi connectivity index (χ3n) is 1.84. The third kappa shape index (κ3) is 2.06. The van der Waals surface area contributed by atoms with Crippen molar-refractivity contribution in [1.82, 2.24) is 0 Å². The van der Waals surface area contributed by atoms with E-state index in [-0.39, 0.29) is 0 Å². The van der Waals surface area contributed by atoms with Gasteiger partial charge in [0.2, 0.25) is 0 Å². The summed E-state index contributed by atoms with van der Waals surface area (Å²) in [7, 11) is 1.31. The van der Waals surface area contributed by atoms with Crippen LogP contribution in [0.15, 0.2) is 18.2 Å². The average molecular weight is 180 g/mol. The fourth-order valence-electron chi connectivity index (χ4n) is 1.25. The van der Waals surface area contributed by atoms with Gasteiger partial charge in [-0.25, -0.2) is 4.79 Å². The summed E-state index contributed by atoms with van der Waals surface area (Å²) in [6, 6.07) is 5.62. The minimum atomic E-state index is -0.446. The summed E-state index contributed by atoms with van der Waals surface area (Å²) in [5.74, 6) is -0.446. The quantitative estimate of drug-likeness (QED) is 0.516. The van der Waals surface area contributed by atoms with E-state index >= 15 is 0 Å². The predicted molar refractivity (Wildman–Crippen MR) is 48.3 cm³/mol. The molecule has 13 heavy (non-hydrogen) atoms. The smallest absolute Gasteiger partial charge is 0.293 e. The Morgan fingerprint density at radius 1 is 1.23 bits per heavy atom. The second kappa shape index (κ2) is 4.05. The van der Waals surface area contributed by atoms with Gasteiger partial charge < -0.3 is 0 Å². The van der Waals surface area contributed by atoms with Crippen molar-refractivity contribution in [1.29, 1.82) is 0 Å². The van der Waals surface area contributed by atoms with Crippen molar-refractivity contribution in [2.24, 2.45) is 0 Å². The first kappa shape index (κ1) is 9.74. The van der Waals surface area contributed by atoms with Crippen LogP contribution in [0.3, 0.4) is 0 Å². The fourth-order valence-corrected chi connectivity index (χ4v) is 1.25. The van der Waals surface area contributed by atoms with Crippen LogP contribution >= 0.6 is 0 Å². The largest absolute Gasteiger partial charge is 0.373 e. The zero-order chi connectivity index (χ0) is 9.84. The number of aryl methyl sites for hydroxylation is 2. The molecule has 0 aromatic heterocycles. The lowest BCUT2D eigenvalue weighted by Crippen LogP contribution is -2.08. The lowest BCUT2D eigenvalue weighted by Gasteiger charge is -2.06. The average Bonchev–Trinajstić information content (AvgIpc) is 2.04. The number of carbonyl (C=O) groups is 1. The van der Waals surface area contributed by atoms with Crippen LogP contribution in [0.25, 0.3) is 0 Å². The Morgan fingerprint density at radius 3 is 2.23 bits per heavy atom. The summed E-state index contributed by atoms with van der Waals surface area (Å²) >= 11 is 0. The Labute approximate surface area is 77.2 Å². The molecule has 0 spiro atoms. The van der Waals surface area contributed by atoms with Crippen LogP contribution < -0.4 is 0 Å². The molecular weight excluding hydrogens is 168 g/mol. The van der Waals surface area contributed by atoms with E-state index < -0.39 is 5.97 Å². The first-order valence-electron chi connectivity index (χ1n) is 3.98. The van der Waals surface area contributed by atoms with E-state index in [4.69, 9.17) is 0 Å². The first-order valence-corrected chi connectivity index (χ1v) is 3.98. The zero-order valence-electron chi connectivity index (χ0n) is 7.96. The Morgan fingerprint density at radius 2 is 1.77 bits per heavy atom. The van der Waals surface area contributed by atoms with Crippen molar-refractivity contribution in [3.8, 4) is 0 Å². The number of rotatable bonds is 2. The second-order valence-electron chi connectivity index (χ2n) is 2.80. The van der Waals surface area contributed by atoms with Crippen molar-refractivity contribution in [3.63, 3.8) is 0 Å². The van der Waals surface area contributed by atoms with Crippen molar-refractivity contribution < 1.29 is 14.6 Å². The van der Waals surface area contributed by atoms with Gasteiger partial charge in [0.15, 0.2) is 0 Å². The molecule has 70 valence electrons. The normalized spacial score (nSPS) is 9.77. The van der Waals surface area contributed by atoms with Gasteiger partial charge in [-0.15, -0.1) is 0 Å². The number of hydrogen-bond acceptors (Lipinski definition) is 3. The predicted octanol–water partition coefficient (Wildman–Crippen LogP) is 2.02. The van der Waals surface area contributed by atoms with Gasteiger partial charge in [0, 0.05) is 0 Å². The minimum Gasteiger partial charge on any atom is -0.293 e. The summed E-state index contributed by atoms with van der Waals surface area (Å²) in [6.45, 7) is 3.72. The Kier molecular flexibility index (Phi) is 3.03. The number of benzene rings is 1. The van der Waals surface area contributed by atoms with Crippen molar-refractivity contribution >= 4 is 5.97 Å². The maximum absolute atomic E-state index is 11.3. The van der Waals surface area contributed by atoms with Gasteiger partial charge in [-0.3, -0.25) is 4.89 Å². The van der Waals surface area contributed by atoms with E-state index in [1.54, 1.807) is 0 Å². The van der Waals surface area contributed by atoms with Crippen LogP contribution in [0, 0.1) is 13.8 Å². The first-order chi connectivity index (χ1) is 6.16. The molecule has 0 radical (unpaired) electrons. The van der Waals surface area contributed by atoms with Crippen LogP contribution in [0.5, 0.6) is 0 Å². The number of carbonyl (C=O) groups excluding carboxylic acids is 1. The van der Waals surface area contributed by atoms with E-state index in [1.165, 1.54) is 7.11 Å². The van der Waals surface area contributed by atoms with Gasteiger partial charge in [0.1, 0.15) is 0 Å². The van der Waals surface area contributed by atoms with E-state index in [2.05, 4.69) is 9.78 Å². The molecule has 0 aliphatic rings. The van der Waals surface area contributed by atoms with Crippen molar-refractivity contribution in [2.75, 3.05) is 7.11 Å². The zero-order valence-corrected chi connectivity index (χ0v) is 7.96. The van der Waals surface area contributed by atoms with Gasteiger partial charge in [-0.05, 0) is 25.0 Å². The van der Waals surface area contributed by atoms with Crippen LogP contribution in [0.4, 0.5) is 0 Å². The van der Waals surface area contributed by atoms with Crippen LogP contribution in [-0.2, 0) is 9.78 Å². The van der Waals surface area contributed by atoms with E-state index in [0.29, 0.717) is 5.56 Å². The molecule has 3 nitrogen and oxygen atoms in total. The highest BCUT2D eigenvalue weighted by Gasteiger charge is 2.13. The molecule has 0 heterocycles. The molecule has 0 unspecified atom stereocenters. The highest BCUT2D eigenvalue weighted by Crippen LogP contribution is 2.14. The third-order valence-corrected chi connectivity index (χ3v) is 1.84. The molecule has 0 aliphatic carbocycles. The molecule has 1 aromatic carbocycles. The molecular formula is C10H12O3. The van der Waals surface area contributed by atoms with Gasteiger partial charge in [0.05, 0.1) is 12.7 Å². The van der Waals surface area contributed by atoms with Gasteiger partial charge in [0.25, 0.3) is 0 Å². The molecule has 0 amide bonds. The molecule has 0 aliphatic heterocycles. The van der Waals surface area contributed by atoms with E-state index in [1.807, 2.05) is 32.0 Å². The molecule has 1 aromatic rings. The SMILES string of the molecule is COOC(=O)c1c(C)cccc1C. The highest BCUT2D eigenvalue weighted by molar-refractivity contribution is 5.92. The summed E-state index contributed by atoms with van der Waals surface area (Å²) in [5, 5.41) is 0. The molecule has 3 heteroatoms. The maximum Gasteiger partial charge on any atom is 0.373 e. The molecule has 1 rings (SSSR count). The molecule has 0 saturated carbocycles. The lowest BCUT2D eigenvalue weighted by atomic mass is 10.0. The monoisotopic (exact) mass is 180 g/mol.